The molecule has 6 nitrogen and oxygen atoms in total. The standard InChI is InChI=1S/C15H23N3O3S/c1-2-6-14(16)15(19)17-9-11-18(12-10-17)22(20,21)13-7-4-3-5-8-13/h3-5,7-8,14H,2,6,9-12,16H2,1H3. The van der Waals surface area contributed by atoms with Crippen molar-refractivity contribution in [2.45, 2.75) is 30.7 Å². The van der Waals surface area contributed by atoms with E-state index in [-0.39, 0.29) is 10.8 Å². The van der Waals surface area contributed by atoms with Crippen molar-refractivity contribution < 1.29 is 13.2 Å². The molecule has 1 aromatic rings. The lowest BCUT2D eigenvalue weighted by Crippen LogP contribution is -2.54. The number of amides is 1. The van der Waals surface area contributed by atoms with Gasteiger partial charge in [-0.05, 0) is 18.6 Å². The van der Waals surface area contributed by atoms with Crippen molar-refractivity contribution in [3.05, 3.63) is 30.3 Å². The summed E-state index contributed by atoms with van der Waals surface area (Å²) in [6.07, 6.45) is 1.51. The van der Waals surface area contributed by atoms with Gasteiger partial charge >= 0.3 is 0 Å². The van der Waals surface area contributed by atoms with Crippen molar-refractivity contribution >= 4 is 15.9 Å². The number of carbonyl (C=O) groups excluding carboxylic acids is 1. The molecule has 2 N–H and O–H groups in total. The molecule has 0 bridgehead atoms. The van der Waals surface area contributed by atoms with Crippen molar-refractivity contribution in [1.82, 2.24) is 9.21 Å². The topological polar surface area (TPSA) is 83.7 Å². The summed E-state index contributed by atoms with van der Waals surface area (Å²) in [6, 6.07) is 7.88. The Labute approximate surface area is 131 Å². The van der Waals surface area contributed by atoms with Crippen molar-refractivity contribution in [1.29, 1.82) is 0 Å². The Bertz CT molecular complexity index is 596. The molecule has 1 aliphatic heterocycles. The van der Waals surface area contributed by atoms with Crippen LogP contribution >= 0.6 is 0 Å². The van der Waals surface area contributed by atoms with Crippen LogP contribution in [-0.2, 0) is 14.8 Å². The summed E-state index contributed by atoms with van der Waals surface area (Å²) in [4.78, 5) is 14.1. The van der Waals surface area contributed by atoms with Gasteiger partial charge in [-0.15, -0.1) is 0 Å². The van der Waals surface area contributed by atoms with Gasteiger partial charge < -0.3 is 10.6 Å². The predicted octanol–water partition coefficient (Wildman–Crippen LogP) is 0.647. The number of nitrogens with zero attached hydrogens (tertiary/aromatic N) is 2. The smallest absolute Gasteiger partial charge is 0.243 e. The lowest BCUT2D eigenvalue weighted by Gasteiger charge is -2.35. The van der Waals surface area contributed by atoms with Gasteiger partial charge in [0.15, 0.2) is 0 Å². The summed E-state index contributed by atoms with van der Waals surface area (Å²) in [5, 5.41) is 0. The molecular formula is C15H23N3O3S. The lowest BCUT2D eigenvalue weighted by molar-refractivity contribution is -0.133. The predicted molar refractivity (Wildman–Crippen MR) is 84.7 cm³/mol. The van der Waals surface area contributed by atoms with Crippen molar-refractivity contribution in [3.8, 4) is 0 Å². The molecule has 0 saturated carbocycles. The highest BCUT2D eigenvalue weighted by Gasteiger charge is 2.31. The van der Waals surface area contributed by atoms with Crippen molar-refractivity contribution in [2.75, 3.05) is 26.2 Å². The minimum Gasteiger partial charge on any atom is -0.339 e. The molecule has 7 heteroatoms. The fourth-order valence-corrected chi connectivity index (χ4v) is 4.00. The second-order valence-electron chi connectivity index (χ2n) is 5.44. The van der Waals surface area contributed by atoms with E-state index in [1.54, 1.807) is 35.2 Å². The van der Waals surface area contributed by atoms with Crippen LogP contribution in [0.15, 0.2) is 35.2 Å². The maximum atomic E-state index is 12.5. The molecule has 1 aliphatic rings. The molecule has 1 saturated heterocycles. The first-order valence-electron chi connectivity index (χ1n) is 7.56. The van der Waals surface area contributed by atoms with E-state index in [2.05, 4.69) is 0 Å². The zero-order valence-corrected chi connectivity index (χ0v) is 13.6. The van der Waals surface area contributed by atoms with Crippen LogP contribution in [0.1, 0.15) is 19.8 Å². The van der Waals surface area contributed by atoms with E-state index in [1.807, 2.05) is 6.92 Å². The zero-order valence-electron chi connectivity index (χ0n) is 12.8. The molecule has 0 radical (unpaired) electrons. The van der Waals surface area contributed by atoms with Gasteiger partial charge in [-0.3, -0.25) is 4.79 Å². The van der Waals surface area contributed by atoms with Gasteiger partial charge in [-0.1, -0.05) is 31.5 Å². The fourth-order valence-electron chi connectivity index (χ4n) is 2.56. The average Bonchev–Trinajstić information content (AvgIpc) is 2.55. The Morgan fingerprint density at radius 1 is 1.18 bits per heavy atom. The van der Waals surface area contributed by atoms with E-state index >= 15 is 0 Å². The maximum Gasteiger partial charge on any atom is 0.243 e. The van der Waals surface area contributed by atoms with Gasteiger partial charge in [-0.2, -0.15) is 4.31 Å². The Kier molecular flexibility index (Phi) is 5.55. The van der Waals surface area contributed by atoms with E-state index in [4.69, 9.17) is 5.73 Å². The number of piperazine rings is 1. The van der Waals surface area contributed by atoms with Crippen LogP contribution in [0.2, 0.25) is 0 Å². The van der Waals surface area contributed by atoms with E-state index in [0.717, 1.165) is 6.42 Å². The monoisotopic (exact) mass is 325 g/mol. The number of hydrogen-bond acceptors (Lipinski definition) is 4. The molecule has 1 amide bonds. The summed E-state index contributed by atoms with van der Waals surface area (Å²) in [5.41, 5.74) is 5.85. The van der Waals surface area contributed by atoms with E-state index in [9.17, 15) is 13.2 Å². The van der Waals surface area contributed by atoms with Crippen LogP contribution in [-0.4, -0.2) is 55.8 Å². The van der Waals surface area contributed by atoms with Crippen molar-refractivity contribution in [3.63, 3.8) is 0 Å². The highest BCUT2D eigenvalue weighted by atomic mass is 32.2. The highest BCUT2D eigenvalue weighted by Crippen LogP contribution is 2.17. The molecule has 1 heterocycles. The number of carbonyl (C=O) groups is 1. The molecule has 2 rings (SSSR count). The second-order valence-corrected chi connectivity index (χ2v) is 7.38. The van der Waals surface area contributed by atoms with Gasteiger partial charge in [0.1, 0.15) is 0 Å². The normalized spacial score (nSPS) is 18.2. The number of benzene rings is 1. The molecule has 1 aromatic carbocycles. The lowest BCUT2D eigenvalue weighted by atomic mass is 10.1. The largest absolute Gasteiger partial charge is 0.339 e. The molecule has 1 fully saturated rings. The van der Waals surface area contributed by atoms with Crippen LogP contribution in [0.5, 0.6) is 0 Å². The molecule has 22 heavy (non-hydrogen) atoms. The summed E-state index contributed by atoms with van der Waals surface area (Å²) in [6.45, 7) is 3.38. The minimum absolute atomic E-state index is 0.0846. The third-order valence-electron chi connectivity index (χ3n) is 3.85. The molecule has 122 valence electrons. The third kappa shape index (κ3) is 3.66. The summed E-state index contributed by atoms with van der Waals surface area (Å²) < 4.78 is 26.4. The highest BCUT2D eigenvalue weighted by molar-refractivity contribution is 7.89. The van der Waals surface area contributed by atoms with Gasteiger partial charge in [0.05, 0.1) is 10.9 Å². The first-order valence-corrected chi connectivity index (χ1v) is 9.00. The SMILES string of the molecule is CCCC(N)C(=O)N1CCN(S(=O)(=O)c2ccccc2)CC1. The fraction of sp³-hybridized carbons (Fsp3) is 0.533. The number of hydrogen-bond donors (Lipinski definition) is 1. The van der Waals surface area contributed by atoms with Crippen LogP contribution < -0.4 is 5.73 Å². The van der Waals surface area contributed by atoms with Crippen molar-refractivity contribution in [2.24, 2.45) is 5.73 Å². The number of sulfonamides is 1. The Hall–Kier alpha value is -1.44. The molecular weight excluding hydrogens is 302 g/mol. The number of nitrogens with two attached hydrogens (primary N) is 1. The summed E-state index contributed by atoms with van der Waals surface area (Å²) in [5.74, 6) is -0.0846. The van der Waals surface area contributed by atoms with E-state index in [0.29, 0.717) is 32.6 Å². The summed E-state index contributed by atoms with van der Waals surface area (Å²) >= 11 is 0. The Balaban J connectivity index is 1.99. The van der Waals surface area contributed by atoms with Gasteiger partial charge in [0.2, 0.25) is 15.9 Å². The molecule has 0 spiro atoms. The maximum absolute atomic E-state index is 12.5. The third-order valence-corrected chi connectivity index (χ3v) is 5.76. The number of rotatable bonds is 5. The molecule has 1 atom stereocenters. The molecule has 0 aromatic heterocycles. The first kappa shape index (κ1) is 16.9. The second kappa shape index (κ2) is 7.21. The minimum atomic E-state index is -3.48. The zero-order chi connectivity index (χ0) is 16.2. The van der Waals surface area contributed by atoms with Crippen LogP contribution in [0, 0.1) is 0 Å². The van der Waals surface area contributed by atoms with Crippen LogP contribution in [0.25, 0.3) is 0 Å². The van der Waals surface area contributed by atoms with E-state index < -0.39 is 16.1 Å². The van der Waals surface area contributed by atoms with Gasteiger partial charge in [0, 0.05) is 26.2 Å². The van der Waals surface area contributed by atoms with Gasteiger partial charge in [0.25, 0.3) is 0 Å². The van der Waals surface area contributed by atoms with E-state index in [1.165, 1.54) is 4.31 Å². The quantitative estimate of drug-likeness (QED) is 0.861. The average molecular weight is 325 g/mol. The summed E-state index contributed by atoms with van der Waals surface area (Å²) in [7, 11) is -3.48. The van der Waals surface area contributed by atoms with Crippen LogP contribution in [0.4, 0.5) is 0 Å². The first-order chi connectivity index (χ1) is 10.5. The molecule has 1 unspecified atom stereocenters. The van der Waals surface area contributed by atoms with Crippen LogP contribution in [0.3, 0.4) is 0 Å². The Morgan fingerprint density at radius 2 is 1.77 bits per heavy atom. The Morgan fingerprint density at radius 3 is 2.32 bits per heavy atom. The van der Waals surface area contributed by atoms with Gasteiger partial charge in [-0.25, -0.2) is 8.42 Å². The molecule has 0 aliphatic carbocycles.